The fourth-order valence-electron chi connectivity index (χ4n) is 1.75. The van der Waals surface area contributed by atoms with Gasteiger partial charge in [-0.05, 0) is 0 Å². The number of ketones is 1. The van der Waals surface area contributed by atoms with Crippen LogP contribution >= 0.6 is 0 Å². The minimum absolute atomic E-state index is 0.0337. The van der Waals surface area contributed by atoms with Gasteiger partial charge in [-0.1, -0.05) is 30.3 Å². The van der Waals surface area contributed by atoms with Crippen molar-refractivity contribution in [2.24, 2.45) is 0 Å². The van der Waals surface area contributed by atoms with Crippen LogP contribution in [0, 0.1) is 10.1 Å². The number of ether oxygens (including phenoxy) is 1. The lowest BCUT2D eigenvalue weighted by Crippen LogP contribution is -2.44. The van der Waals surface area contributed by atoms with Crippen molar-refractivity contribution in [3.05, 3.63) is 70.3 Å². The molecule has 0 spiro atoms. The van der Waals surface area contributed by atoms with Crippen LogP contribution in [0.1, 0.15) is 20.8 Å². The zero-order valence-corrected chi connectivity index (χ0v) is 11.4. The van der Waals surface area contributed by atoms with E-state index in [-0.39, 0.29) is 18.0 Å². The van der Waals surface area contributed by atoms with E-state index in [2.05, 4.69) is 9.72 Å². The molecule has 8 heteroatoms. The van der Waals surface area contributed by atoms with E-state index in [1.165, 1.54) is 23.2 Å². The predicted octanol–water partition coefficient (Wildman–Crippen LogP) is 0.643. The molecule has 22 heavy (non-hydrogen) atoms. The van der Waals surface area contributed by atoms with E-state index >= 15 is 0 Å². The number of Topliss-reactive ketones (excluding diaryl/α,β-unsaturated/α-hetero) is 1. The van der Waals surface area contributed by atoms with Crippen molar-refractivity contribution in [3.63, 3.8) is 0 Å². The van der Waals surface area contributed by atoms with Gasteiger partial charge in [0.25, 0.3) is 0 Å². The van der Waals surface area contributed by atoms with Gasteiger partial charge in [0.2, 0.25) is 12.3 Å². The van der Waals surface area contributed by atoms with E-state index in [0.29, 0.717) is 5.56 Å². The third-order valence-electron chi connectivity index (χ3n) is 2.76. The van der Waals surface area contributed by atoms with E-state index in [1.54, 1.807) is 30.3 Å². The van der Waals surface area contributed by atoms with Crippen molar-refractivity contribution in [2.75, 3.05) is 6.73 Å². The van der Waals surface area contributed by atoms with Gasteiger partial charge in [-0.15, -0.1) is 0 Å². The Labute approximate surface area is 125 Å². The lowest BCUT2D eigenvalue weighted by Gasteiger charge is -2.02. The Morgan fingerprint density at radius 2 is 2.00 bits per heavy atom. The number of rotatable bonds is 6. The first kappa shape index (κ1) is 15.2. The van der Waals surface area contributed by atoms with Crippen LogP contribution in [0.3, 0.4) is 0 Å². The van der Waals surface area contributed by atoms with Gasteiger partial charge in [0.05, 0.1) is 11.1 Å². The van der Waals surface area contributed by atoms with Gasteiger partial charge in [-0.3, -0.25) is 19.9 Å². The van der Waals surface area contributed by atoms with E-state index < -0.39 is 17.6 Å². The molecule has 0 fully saturated rings. The average molecular weight is 302 g/mol. The summed E-state index contributed by atoms with van der Waals surface area (Å²) in [6, 6.07) is 8.58. The number of nitrogens with zero attached hydrogens (tertiary/aromatic N) is 3. The van der Waals surface area contributed by atoms with Crippen LogP contribution in [0.2, 0.25) is 0 Å². The van der Waals surface area contributed by atoms with E-state index in [0.717, 1.165) is 0 Å². The number of carbonyl (C=O) groups is 2. The number of benzene rings is 1. The molecule has 1 aromatic carbocycles. The standard InChI is InChI=1S/C14H12N3O5/c18-13(11-4-2-1-3-5-11)9-16-7-6-15-8-12(16)14(19)22-10-17(20)21/h1-8H,9-10H2/q+1. The van der Waals surface area contributed by atoms with Crippen LogP contribution in [0.5, 0.6) is 0 Å². The zero-order valence-electron chi connectivity index (χ0n) is 11.4. The van der Waals surface area contributed by atoms with Gasteiger partial charge in [0.1, 0.15) is 6.20 Å². The minimum atomic E-state index is -0.944. The predicted molar refractivity (Wildman–Crippen MR) is 72.5 cm³/mol. The average Bonchev–Trinajstić information content (AvgIpc) is 2.54. The quantitative estimate of drug-likeness (QED) is 0.194. The molecule has 1 heterocycles. The molecular weight excluding hydrogens is 290 g/mol. The Kier molecular flexibility index (Phi) is 4.86. The second-order valence-corrected chi connectivity index (χ2v) is 4.27. The molecule has 0 amide bonds. The van der Waals surface area contributed by atoms with Crippen molar-refractivity contribution in [1.29, 1.82) is 0 Å². The smallest absolute Gasteiger partial charge is 0.392 e. The van der Waals surface area contributed by atoms with Crippen molar-refractivity contribution < 1.29 is 23.8 Å². The minimum Gasteiger partial charge on any atom is -0.392 e. The first-order chi connectivity index (χ1) is 10.6. The van der Waals surface area contributed by atoms with Crippen LogP contribution in [0.25, 0.3) is 0 Å². The number of hydrogen-bond donors (Lipinski definition) is 0. The molecule has 8 nitrogen and oxygen atoms in total. The molecule has 112 valence electrons. The number of aromatic nitrogens is 2. The second-order valence-electron chi connectivity index (χ2n) is 4.27. The SMILES string of the molecule is O=C(C[n+]1ccncc1C(=O)OC[N+](=O)[O-])c1ccccc1. The molecule has 0 saturated heterocycles. The van der Waals surface area contributed by atoms with Crippen molar-refractivity contribution >= 4 is 11.8 Å². The number of hydrogen-bond acceptors (Lipinski definition) is 6. The molecule has 1 aromatic heterocycles. The number of carbonyl (C=O) groups excluding carboxylic acids is 2. The molecule has 0 aliphatic carbocycles. The monoisotopic (exact) mass is 302 g/mol. The van der Waals surface area contributed by atoms with Crippen LogP contribution < -0.4 is 4.57 Å². The Morgan fingerprint density at radius 3 is 2.68 bits per heavy atom. The summed E-state index contributed by atoms with van der Waals surface area (Å²) in [4.78, 5) is 37.2. The zero-order chi connectivity index (χ0) is 15.9. The van der Waals surface area contributed by atoms with Gasteiger partial charge >= 0.3 is 18.4 Å². The summed E-state index contributed by atoms with van der Waals surface area (Å²) in [5.74, 6) is -1.12. The molecule has 2 aromatic rings. The normalized spacial score (nSPS) is 10.0. The fourth-order valence-corrected chi connectivity index (χ4v) is 1.75. The Bertz CT molecular complexity index is 703. The number of esters is 1. The number of nitro groups is 1. The molecule has 2 rings (SSSR count). The topological polar surface area (TPSA) is 103 Å². The largest absolute Gasteiger partial charge is 0.410 e. The van der Waals surface area contributed by atoms with Gasteiger partial charge in [0.15, 0.2) is 6.20 Å². The van der Waals surface area contributed by atoms with Crippen LogP contribution in [0.4, 0.5) is 0 Å². The molecule has 0 N–H and O–H groups in total. The van der Waals surface area contributed by atoms with Gasteiger partial charge in [-0.2, -0.15) is 4.57 Å². The Morgan fingerprint density at radius 1 is 1.27 bits per heavy atom. The highest BCUT2D eigenvalue weighted by Crippen LogP contribution is 2.01. The molecule has 0 saturated carbocycles. The first-order valence-corrected chi connectivity index (χ1v) is 6.28. The van der Waals surface area contributed by atoms with Gasteiger partial charge in [0, 0.05) is 5.56 Å². The molecule has 0 aliphatic rings. The lowest BCUT2D eigenvalue weighted by molar-refractivity contribution is -0.686. The Hall–Kier alpha value is -3.16. The molecule has 0 radical (unpaired) electrons. The third kappa shape index (κ3) is 3.92. The van der Waals surface area contributed by atoms with E-state index in [1.807, 2.05) is 0 Å². The summed E-state index contributed by atoms with van der Waals surface area (Å²) in [7, 11) is 0. The summed E-state index contributed by atoms with van der Waals surface area (Å²) in [5, 5.41) is 10.2. The molecule has 0 bridgehead atoms. The fraction of sp³-hybridized carbons (Fsp3) is 0.143. The van der Waals surface area contributed by atoms with Crippen LogP contribution in [-0.2, 0) is 11.3 Å². The van der Waals surface area contributed by atoms with Gasteiger partial charge < -0.3 is 4.74 Å². The van der Waals surface area contributed by atoms with Gasteiger partial charge in [-0.25, -0.2) is 4.79 Å². The van der Waals surface area contributed by atoms with Crippen molar-refractivity contribution in [3.8, 4) is 0 Å². The third-order valence-corrected chi connectivity index (χ3v) is 2.76. The maximum Gasteiger partial charge on any atom is 0.410 e. The summed E-state index contributed by atoms with van der Waals surface area (Å²) < 4.78 is 5.85. The van der Waals surface area contributed by atoms with Crippen molar-refractivity contribution in [1.82, 2.24) is 4.98 Å². The lowest BCUT2D eigenvalue weighted by atomic mass is 10.1. The molecular formula is C14H12N3O5+. The summed E-state index contributed by atoms with van der Waals surface area (Å²) in [6.07, 6.45) is 4.03. The molecule has 0 atom stereocenters. The molecule has 0 aliphatic heterocycles. The summed E-state index contributed by atoms with van der Waals surface area (Å²) in [6.45, 7) is -1.05. The van der Waals surface area contributed by atoms with Crippen LogP contribution in [0.15, 0.2) is 48.9 Å². The van der Waals surface area contributed by atoms with E-state index in [4.69, 9.17) is 0 Å². The molecule has 0 unspecified atom stereocenters. The Balaban J connectivity index is 2.16. The first-order valence-electron chi connectivity index (χ1n) is 6.28. The highest BCUT2D eigenvalue weighted by atomic mass is 16.7. The van der Waals surface area contributed by atoms with Crippen LogP contribution in [-0.4, -0.2) is 28.4 Å². The van der Waals surface area contributed by atoms with Crippen molar-refractivity contribution in [2.45, 2.75) is 6.54 Å². The summed E-state index contributed by atoms with van der Waals surface area (Å²) >= 11 is 0. The maximum absolute atomic E-state index is 12.2. The highest BCUT2D eigenvalue weighted by Gasteiger charge is 2.24. The van der Waals surface area contributed by atoms with E-state index in [9.17, 15) is 19.7 Å². The highest BCUT2D eigenvalue weighted by molar-refractivity contribution is 5.95. The summed E-state index contributed by atoms with van der Waals surface area (Å²) in [5.41, 5.74) is 0.463. The maximum atomic E-state index is 12.2. The second kappa shape index (κ2) is 7.02.